The van der Waals surface area contributed by atoms with Crippen LogP contribution in [-0.2, 0) is 14.3 Å². The highest BCUT2D eigenvalue weighted by atomic mass is 16.7. The fourth-order valence-corrected chi connectivity index (χ4v) is 3.42. The van der Waals surface area contributed by atoms with Crippen molar-refractivity contribution in [2.24, 2.45) is 0 Å². The lowest BCUT2D eigenvalue weighted by molar-refractivity contribution is -0.384. The van der Waals surface area contributed by atoms with Crippen molar-refractivity contribution in [2.45, 2.75) is 18.6 Å². The minimum absolute atomic E-state index is 0.0243. The molecule has 1 unspecified atom stereocenters. The summed E-state index contributed by atoms with van der Waals surface area (Å²) in [7, 11) is 0. The Morgan fingerprint density at radius 2 is 1.72 bits per heavy atom. The molecule has 0 bridgehead atoms. The molecule has 25 heavy (non-hydrogen) atoms. The number of non-ortho nitro benzene ring substituents is 1. The van der Waals surface area contributed by atoms with Gasteiger partial charge in [0, 0.05) is 24.1 Å². The standard InChI is InChI=1S/C19H15NO5/c21-18-16(13-7-9-15(10-8-13)20(22)23)17(14-5-2-1-3-6-14)19(25-18)11-4-12-24-19/h1-3,5-10H,4,11-12H2. The number of benzene rings is 2. The lowest BCUT2D eigenvalue weighted by Gasteiger charge is -2.25. The van der Waals surface area contributed by atoms with E-state index in [4.69, 9.17) is 9.47 Å². The lowest BCUT2D eigenvalue weighted by atomic mass is 9.90. The molecule has 2 heterocycles. The van der Waals surface area contributed by atoms with E-state index in [9.17, 15) is 14.9 Å². The maximum Gasteiger partial charge on any atom is 0.342 e. The number of nitrogens with zero attached hydrogens (tertiary/aromatic N) is 1. The van der Waals surface area contributed by atoms with Crippen molar-refractivity contribution in [1.29, 1.82) is 0 Å². The first kappa shape index (κ1) is 15.5. The first-order valence-corrected chi connectivity index (χ1v) is 8.03. The zero-order valence-electron chi connectivity index (χ0n) is 13.3. The molecular formula is C19H15NO5. The molecule has 0 radical (unpaired) electrons. The van der Waals surface area contributed by atoms with Crippen LogP contribution in [-0.4, -0.2) is 23.3 Å². The molecule has 2 aromatic rings. The van der Waals surface area contributed by atoms with Crippen molar-refractivity contribution in [2.75, 3.05) is 6.61 Å². The van der Waals surface area contributed by atoms with Crippen LogP contribution in [0.5, 0.6) is 0 Å². The van der Waals surface area contributed by atoms with Crippen LogP contribution in [0.2, 0.25) is 0 Å². The van der Waals surface area contributed by atoms with Gasteiger partial charge in [0.05, 0.1) is 17.1 Å². The van der Waals surface area contributed by atoms with Crippen LogP contribution in [0.3, 0.4) is 0 Å². The van der Waals surface area contributed by atoms with Crippen molar-refractivity contribution in [3.05, 3.63) is 75.8 Å². The van der Waals surface area contributed by atoms with Crippen LogP contribution < -0.4 is 0 Å². The zero-order valence-corrected chi connectivity index (χ0v) is 13.3. The van der Waals surface area contributed by atoms with E-state index in [0.29, 0.717) is 29.7 Å². The van der Waals surface area contributed by atoms with Gasteiger partial charge in [-0.2, -0.15) is 0 Å². The van der Waals surface area contributed by atoms with Gasteiger partial charge in [-0.15, -0.1) is 0 Å². The highest BCUT2D eigenvalue weighted by Gasteiger charge is 2.51. The van der Waals surface area contributed by atoms with Crippen LogP contribution in [0, 0.1) is 10.1 Å². The lowest BCUT2D eigenvalue weighted by Crippen LogP contribution is -2.30. The molecule has 1 atom stereocenters. The number of ether oxygens (including phenoxy) is 2. The summed E-state index contributed by atoms with van der Waals surface area (Å²) in [6.45, 7) is 0.525. The van der Waals surface area contributed by atoms with Crippen LogP contribution >= 0.6 is 0 Å². The predicted octanol–water partition coefficient (Wildman–Crippen LogP) is 3.57. The highest BCUT2D eigenvalue weighted by Crippen LogP contribution is 2.49. The number of rotatable bonds is 3. The molecule has 0 saturated carbocycles. The average Bonchev–Trinajstić information content (AvgIpc) is 3.20. The molecule has 0 aliphatic carbocycles. The quantitative estimate of drug-likeness (QED) is 0.486. The van der Waals surface area contributed by atoms with Crippen LogP contribution in [0.4, 0.5) is 5.69 Å². The molecule has 6 nitrogen and oxygen atoms in total. The fourth-order valence-electron chi connectivity index (χ4n) is 3.42. The third-order valence-corrected chi connectivity index (χ3v) is 4.51. The normalized spacial score (nSPS) is 22.5. The number of carbonyl (C=O) groups is 1. The smallest absolute Gasteiger partial charge is 0.342 e. The van der Waals surface area contributed by atoms with Gasteiger partial charge in [0.25, 0.3) is 5.69 Å². The number of hydrogen-bond donors (Lipinski definition) is 0. The molecule has 2 aromatic carbocycles. The van der Waals surface area contributed by atoms with Gasteiger partial charge in [-0.05, 0) is 29.7 Å². The van der Waals surface area contributed by atoms with Crippen LogP contribution in [0.15, 0.2) is 54.6 Å². The summed E-state index contributed by atoms with van der Waals surface area (Å²) in [6, 6.07) is 15.4. The van der Waals surface area contributed by atoms with E-state index in [1.165, 1.54) is 12.1 Å². The summed E-state index contributed by atoms with van der Waals surface area (Å²) in [5.74, 6) is -1.52. The molecule has 1 saturated heterocycles. The van der Waals surface area contributed by atoms with E-state index in [-0.39, 0.29) is 5.69 Å². The van der Waals surface area contributed by atoms with Crippen LogP contribution in [0.1, 0.15) is 24.0 Å². The van der Waals surface area contributed by atoms with Gasteiger partial charge in [-0.3, -0.25) is 10.1 Å². The Morgan fingerprint density at radius 1 is 1.00 bits per heavy atom. The van der Waals surface area contributed by atoms with Crippen molar-refractivity contribution < 1.29 is 19.2 Å². The first-order chi connectivity index (χ1) is 12.1. The maximum absolute atomic E-state index is 12.6. The molecule has 6 heteroatoms. The van der Waals surface area contributed by atoms with Gasteiger partial charge in [0.1, 0.15) is 0 Å². The summed E-state index contributed by atoms with van der Waals surface area (Å²) in [5, 5.41) is 10.9. The van der Waals surface area contributed by atoms with E-state index >= 15 is 0 Å². The van der Waals surface area contributed by atoms with E-state index in [1.807, 2.05) is 30.3 Å². The predicted molar refractivity (Wildman–Crippen MR) is 90.4 cm³/mol. The summed E-state index contributed by atoms with van der Waals surface area (Å²) < 4.78 is 11.5. The molecular weight excluding hydrogens is 322 g/mol. The van der Waals surface area contributed by atoms with Gasteiger partial charge in [-0.25, -0.2) is 4.79 Å². The third kappa shape index (κ3) is 2.51. The Balaban J connectivity index is 1.91. The number of hydrogen-bond acceptors (Lipinski definition) is 5. The third-order valence-electron chi connectivity index (χ3n) is 4.51. The van der Waals surface area contributed by atoms with E-state index < -0.39 is 16.7 Å². The van der Waals surface area contributed by atoms with Crippen molar-refractivity contribution >= 4 is 22.8 Å². The molecule has 2 aliphatic heterocycles. The molecule has 0 aromatic heterocycles. The first-order valence-electron chi connectivity index (χ1n) is 8.03. The van der Waals surface area contributed by atoms with E-state index in [0.717, 1.165) is 12.0 Å². The Labute approximate surface area is 143 Å². The number of esters is 1. The Morgan fingerprint density at radius 3 is 2.32 bits per heavy atom. The summed E-state index contributed by atoms with van der Waals surface area (Å²) in [5.41, 5.74) is 2.52. The largest absolute Gasteiger partial charge is 0.425 e. The molecule has 0 amide bonds. The number of nitro benzene ring substituents is 1. The van der Waals surface area contributed by atoms with Gasteiger partial charge in [0.15, 0.2) is 0 Å². The Kier molecular flexibility index (Phi) is 3.62. The minimum Gasteiger partial charge on any atom is -0.425 e. The van der Waals surface area contributed by atoms with Gasteiger partial charge >= 0.3 is 5.97 Å². The molecule has 1 fully saturated rings. The number of nitro groups is 1. The Bertz CT molecular complexity index is 864. The maximum atomic E-state index is 12.6. The minimum atomic E-state index is -1.06. The monoisotopic (exact) mass is 337 g/mol. The van der Waals surface area contributed by atoms with Gasteiger partial charge < -0.3 is 9.47 Å². The van der Waals surface area contributed by atoms with Gasteiger partial charge in [-0.1, -0.05) is 30.3 Å². The molecule has 126 valence electrons. The number of carbonyl (C=O) groups excluding carboxylic acids is 1. The second kappa shape index (κ2) is 5.82. The Hall–Kier alpha value is -2.99. The van der Waals surface area contributed by atoms with Gasteiger partial charge in [0.2, 0.25) is 5.79 Å². The van der Waals surface area contributed by atoms with Crippen molar-refractivity contribution in [1.82, 2.24) is 0 Å². The zero-order chi connectivity index (χ0) is 17.4. The second-order valence-electron chi connectivity index (χ2n) is 6.01. The van der Waals surface area contributed by atoms with Crippen molar-refractivity contribution in [3.8, 4) is 0 Å². The van der Waals surface area contributed by atoms with E-state index in [2.05, 4.69) is 0 Å². The summed E-state index contributed by atoms with van der Waals surface area (Å²) in [6.07, 6.45) is 1.40. The topological polar surface area (TPSA) is 78.7 Å². The summed E-state index contributed by atoms with van der Waals surface area (Å²) >= 11 is 0. The van der Waals surface area contributed by atoms with Crippen LogP contribution in [0.25, 0.3) is 11.1 Å². The second-order valence-corrected chi connectivity index (χ2v) is 6.01. The van der Waals surface area contributed by atoms with E-state index in [1.54, 1.807) is 12.1 Å². The fraction of sp³-hybridized carbons (Fsp3) is 0.211. The average molecular weight is 337 g/mol. The molecule has 1 spiro atoms. The molecule has 4 rings (SSSR count). The SMILES string of the molecule is O=C1OC2(CCCO2)C(c2ccccc2)=C1c1ccc([N+](=O)[O-])cc1. The molecule has 0 N–H and O–H groups in total. The summed E-state index contributed by atoms with van der Waals surface area (Å²) in [4.78, 5) is 23.0. The highest BCUT2D eigenvalue weighted by molar-refractivity contribution is 6.28. The molecule has 2 aliphatic rings. The van der Waals surface area contributed by atoms with Crippen molar-refractivity contribution in [3.63, 3.8) is 0 Å².